The molecule has 0 saturated carbocycles. The summed E-state index contributed by atoms with van der Waals surface area (Å²) in [6.45, 7) is 8.54. The van der Waals surface area contributed by atoms with E-state index >= 15 is 0 Å². The van der Waals surface area contributed by atoms with Crippen LogP contribution in [0, 0.1) is 5.41 Å². The van der Waals surface area contributed by atoms with Crippen LogP contribution in [0.5, 0.6) is 5.75 Å². The molecule has 0 saturated heterocycles. The minimum Gasteiger partial charge on any atom is -0.506 e. The fourth-order valence-electron chi connectivity index (χ4n) is 1.60. The molecule has 0 bridgehead atoms. The molecule has 0 heterocycles. The second kappa shape index (κ2) is 8.36. The largest absolute Gasteiger partial charge is 0.506 e. The first-order valence-corrected chi connectivity index (χ1v) is 8.31. The number of phenolic OH excluding ortho intramolecular Hbond substituents is 1. The number of phenols is 1. The molecule has 5 nitrogen and oxygen atoms in total. The normalized spacial score (nSPS) is 13.2. The van der Waals surface area contributed by atoms with Gasteiger partial charge in [-0.1, -0.05) is 39.3 Å². The van der Waals surface area contributed by atoms with Gasteiger partial charge < -0.3 is 10.2 Å². The Hall–Kier alpha value is -1.11. The molecule has 3 N–H and O–H groups in total. The van der Waals surface area contributed by atoms with Crippen molar-refractivity contribution in [2.45, 2.75) is 58.0 Å². The van der Waals surface area contributed by atoms with E-state index in [1.54, 1.807) is 0 Å². The molecule has 0 amide bonds. The number of aromatic hydroxyl groups is 1. The summed E-state index contributed by atoms with van der Waals surface area (Å²) in [7, 11) is -4.28. The third-order valence-electron chi connectivity index (χ3n) is 2.69. The summed E-state index contributed by atoms with van der Waals surface area (Å²) in [5.41, 5.74) is 0.425. The molecule has 0 spiro atoms. The van der Waals surface area contributed by atoms with E-state index in [0.29, 0.717) is 5.41 Å². The fraction of sp³-hybridized carbons (Fsp3) is 0.600. The summed E-state index contributed by atoms with van der Waals surface area (Å²) < 4.78 is 29.4. The van der Waals surface area contributed by atoms with Crippen LogP contribution in [0.1, 0.15) is 47.0 Å². The third kappa shape index (κ3) is 10.3. The summed E-state index contributed by atoms with van der Waals surface area (Å²) in [6.07, 6.45) is 3.17. The van der Waals surface area contributed by atoms with Crippen molar-refractivity contribution >= 4 is 10.1 Å². The van der Waals surface area contributed by atoms with Crippen LogP contribution in [0.4, 0.5) is 0 Å². The fourth-order valence-corrected chi connectivity index (χ4v) is 2.19. The summed E-state index contributed by atoms with van der Waals surface area (Å²) >= 11 is 0. The summed E-state index contributed by atoms with van der Waals surface area (Å²) in [5, 5.41) is 17.9. The van der Waals surface area contributed by atoms with E-state index < -0.39 is 20.8 Å². The summed E-state index contributed by atoms with van der Waals surface area (Å²) in [5.74, 6) is -0.449. The quantitative estimate of drug-likeness (QED) is 0.741. The molecule has 1 aromatic carbocycles. The lowest BCUT2D eigenvalue weighted by Crippen LogP contribution is -2.07. The molecule has 0 fully saturated rings. The van der Waals surface area contributed by atoms with Gasteiger partial charge in [-0.05, 0) is 37.3 Å². The van der Waals surface area contributed by atoms with Crippen molar-refractivity contribution in [3.8, 4) is 5.75 Å². The maximum atomic E-state index is 10.4. The number of hydrogen-bond acceptors (Lipinski definition) is 4. The molecule has 1 rings (SSSR count). The number of aliphatic hydroxyl groups is 1. The lowest BCUT2D eigenvalue weighted by Gasteiger charge is -2.17. The van der Waals surface area contributed by atoms with Gasteiger partial charge in [-0.15, -0.1) is 0 Å². The Kier molecular flexibility index (Phi) is 7.92. The first-order valence-electron chi connectivity index (χ1n) is 6.87. The highest BCUT2D eigenvalue weighted by Crippen LogP contribution is 2.22. The van der Waals surface area contributed by atoms with Gasteiger partial charge in [0.1, 0.15) is 10.6 Å². The summed E-state index contributed by atoms with van der Waals surface area (Å²) in [4.78, 5) is -0.472. The van der Waals surface area contributed by atoms with Crippen LogP contribution in [0.3, 0.4) is 0 Å². The molecular formula is C15H26O5S. The van der Waals surface area contributed by atoms with Crippen LogP contribution < -0.4 is 0 Å². The van der Waals surface area contributed by atoms with Crippen molar-refractivity contribution in [1.82, 2.24) is 0 Å². The van der Waals surface area contributed by atoms with Crippen LogP contribution >= 0.6 is 0 Å². The maximum Gasteiger partial charge on any atom is 0.298 e. The predicted octanol–water partition coefficient (Wildman–Crippen LogP) is 3.22. The zero-order chi connectivity index (χ0) is 16.7. The van der Waals surface area contributed by atoms with Gasteiger partial charge >= 0.3 is 0 Å². The Bertz CT molecular complexity index is 515. The Morgan fingerprint density at radius 1 is 1.19 bits per heavy atom. The lowest BCUT2D eigenvalue weighted by atomic mass is 9.89. The molecule has 1 atom stereocenters. The second-order valence-corrected chi connectivity index (χ2v) is 7.63. The first-order chi connectivity index (χ1) is 9.43. The summed E-state index contributed by atoms with van der Waals surface area (Å²) in [6, 6.07) is 5.17. The molecule has 6 heteroatoms. The van der Waals surface area contributed by atoms with E-state index in [9.17, 15) is 8.42 Å². The molecule has 1 unspecified atom stereocenters. The highest BCUT2D eigenvalue weighted by atomic mass is 32.2. The molecule has 1 aromatic rings. The van der Waals surface area contributed by atoms with E-state index in [2.05, 4.69) is 20.8 Å². The predicted molar refractivity (Wildman–Crippen MR) is 82.9 cm³/mol. The van der Waals surface area contributed by atoms with Gasteiger partial charge in [-0.25, -0.2) is 0 Å². The van der Waals surface area contributed by atoms with Gasteiger partial charge in [0.05, 0.1) is 6.10 Å². The van der Waals surface area contributed by atoms with E-state index in [1.165, 1.54) is 24.6 Å². The van der Waals surface area contributed by atoms with E-state index in [0.717, 1.165) is 18.9 Å². The Balaban J connectivity index is 0.000000384. The van der Waals surface area contributed by atoms with Crippen LogP contribution in [0.2, 0.25) is 0 Å². The highest BCUT2D eigenvalue weighted by Gasteiger charge is 2.13. The van der Waals surface area contributed by atoms with Gasteiger partial charge in [-0.3, -0.25) is 4.55 Å². The minimum absolute atomic E-state index is 0.123. The zero-order valence-corrected chi connectivity index (χ0v) is 13.9. The van der Waals surface area contributed by atoms with Crippen molar-refractivity contribution in [3.63, 3.8) is 0 Å². The molecule has 0 aliphatic carbocycles. The van der Waals surface area contributed by atoms with Gasteiger partial charge in [0.25, 0.3) is 10.1 Å². The number of aliphatic hydroxyl groups excluding tert-OH is 1. The minimum atomic E-state index is -4.28. The van der Waals surface area contributed by atoms with Gasteiger partial charge in [-0.2, -0.15) is 8.42 Å². The van der Waals surface area contributed by atoms with Crippen molar-refractivity contribution in [2.24, 2.45) is 5.41 Å². The van der Waals surface area contributed by atoms with Gasteiger partial charge in [0.2, 0.25) is 0 Å². The smallest absolute Gasteiger partial charge is 0.298 e. The molecule has 21 heavy (non-hydrogen) atoms. The van der Waals surface area contributed by atoms with E-state index in [-0.39, 0.29) is 6.10 Å². The Labute approximate surface area is 127 Å². The number of para-hydroxylation sites is 1. The monoisotopic (exact) mass is 318 g/mol. The number of hydrogen-bond donors (Lipinski definition) is 3. The zero-order valence-electron chi connectivity index (χ0n) is 13.1. The van der Waals surface area contributed by atoms with E-state index in [1.807, 2.05) is 6.92 Å². The van der Waals surface area contributed by atoms with Crippen LogP contribution in [0.15, 0.2) is 29.2 Å². The van der Waals surface area contributed by atoms with Gasteiger partial charge in [0, 0.05) is 0 Å². The molecule has 0 aliphatic rings. The first kappa shape index (κ1) is 19.9. The van der Waals surface area contributed by atoms with Crippen LogP contribution in [-0.2, 0) is 10.1 Å². The SMILES string of the molecule is CC(O)CCCC(C)(C)C.O=S(=O)(O)c1ccccc1O. The van der Waals surface area contributed by atoms with Crippen LogP contribution in [0.25, 0.3) is 0 Å². The third-order valence-corrected chi connectivity index (χ3v) is 3.59. The van der Waals surface area contributed by atoms with Crippen molar-refractivity contribution in [2.75, 3.05) is 0 Å². The molecule has 0 radical (unpaired) electrons. The van der Waals surface area contributed by atoms with Gasteiger partial charge in [0.15, 0.2) is 0 Å². The number of rotatable bonds is 4. The molecule has 122 valence electrons. The average molecular weight is 318 g/mol. The highest BCUT2D eigenvalue weighted by molar-refractivity contribution is 7.86. The second-order valence-electron chi connectivity index (χ2n) is 6.24. The molecular weight excluding hydrogens is 292 g/mol. The van der Waals surface area contributed by atoms with E-state index in [4.69, 9.17) is 14.8 Å². The average Bonchev–Trinajstić information content (AvgIpc) is 2.26. The standard InChI is InChI=1S/C9H20O.C6H6O4S/c1-8(10)6-5-7-9(2,3)4;7-5-3-1-2-4-6(5)11(8,9)10/h8,10H,5-7H2,1-4H3;1-4,7H,(H,8,9,10). The Morgan fingerprint density at radius 2 is 1.71 bits per heavy atom. The topological polar surface area (TPSA) is 94.8 Å². The van der Waals surface area contributed by atoms with Crippen molar-refractivity contribution in [1.29, 1.82) is 0 Å². The lowest BCUT2D eigenvalue weighted by molar-refractivity contribution is 0.174. The van der Waals surface area contributed by atoms with Crippen molar-refractivity contribution < 1.29 is 23.2 Å². The Morgan fingerprint density at radius 3 is 2.05 bits per heavy atom. The molecule has 0 aromatic heterocycles. The van der Waals surface area contributed by atoms with Crippen molar-refractivity contribution in [3.05, 3.63) is 24.3 Å². The number of benzene rings is 1. The van der Waals surface area contributed by atoms with Crippen LogP contribution in [-0.4, -0.2) is 29.3 Å². The molecule has 0 aliphatic heterocycles. The maximum absolute atomic E-state index is 10.4.